The number of pyridine rings is 1. The molecular formula is C14H14ClF2NO2. The summed E-state index contributed by atoms with van der Waals surface area (Å²) in [7, 11) is 0. The van der Waals surface area contributed by atoms with E-state index in [0.29, 0.717) is 5.56 Å². The van der Waals surface area contributed by atoms with Crippen LogP contribution in [0, 0.1) is 11.8 Å². The first-order valence-corrected chi connectivity index (χ1v) is 6.77. The Morgan fingerprint density at radius 2 is 2.10 bits per heavy atom. The molecule has 0 saturated heterocycles. The van der Waals surface area contributed by atoms with Crippen molar-refractivity contribution in [3.8, 4) is 0 Å². The lowest BCUT2D eigenvalue weighted by atomic mass is 10.0. The highest BCUT2D eigenvalue weighted by Gasteiger charge is 2.73. The highest BCUT2D eigenvalue weighted by Crippen LogP contribution is 2.71. The van der Waals surface area contributed by atoms with Gasteiger partial charge in [-0.2, -0.15) is 0 Å². The highest BCUT2D eigenvalue weighted by atomic mass is 35.5. The third kappa shape index (κ3) is 1.91. The van der Waals surface area contributed by atoms with Gasteiger partial charge in [-0.25, -0.2) is 13.8 Å². The molecule has 20 heavy (non-hydrogen) atoms. The first-order chi connectivity index (χ1) is 9.13. The van der Waals surface area contributed by atoms with Crippen molar-refractivity contribution in [2.45, 2.75) is 38.2 Å². The van der Waals surface area contributed by atoms with Gasteiger partial charge in [0.15, 0.2) is 0 Å². The Balaban J connectivity index is 1.90. The number of halogens is 3. The van der Waals surface area contributed by atoms with Crippen LogP contribution in [0.5, 0.6) is 0 Å². The normalized spacial score (nSPS) is 29.6. The summed E-state index contributed by atoms with van der Waals surface area (Å²) in [4.78, 5) is 15.8. The second-order valence-corrected chi connectivity index (χ2v) is 6.72. The summed E-state index contributed by atoms with van der Waals surface area (Å²) in [5.74, 6) is -5.91. The largest absolute Gasteiger partial charge is 0.460 e. The van der Waals surface area contributed by atoms with Crippen LogP contribution in [0.25, 0.3) is 0 Å². The molecule has 1 heterocycles. The van der Waals surface area contributed by atoms with E-state index in [-0.39, 0.29) is 10.7 Å². The van der Waals surface area contributed by atoms with Crippen LogP contribution in [0.2, 0.25) is 5.15 Å². The molecule has 0 N–H and O–H groups in total. The lowest BCUT2D eigenvalue weighted by Gasteiger charge is -2.21. The molecule has 2 aliphatic rings. The van der Waals surface area contributed by atoms with Crippen molar-refractivity contribution in [1.29, 1.82) is 0 Å². The van der Waals surface area contributed by atoms with Gasteiger partial charge in [0.1, 0.15) is 10.8 Å². The molecule has 0 aromatic carbocycles. The second kappa shape index (κ2) is 3.91. The summed E-state index contributed by atoms with van der Waals surface area (Å²) in [5.41, 5.74) is -0.364. The molecule has 6 heteroatoms. The van der Waals surface area contributed by atoms with Crippen LogP contribution in [0.4, 0.5) is 8.78 Å². The van der Waals surface area contributed by atoms with E-state index in [0.717, 1.165) is 0 Å². The number of rotatable bonds is 1. The number of hydrogen-bond donors (Lipinski definition) is 0. The maximum atomic E-state index is 14.3. The molecule has 2 aliphatic carbocycles. The van der Waals surface area contributed by atoms with Crippen LogP contribution < -0.4 is 0 Å². The van der Waals surface area contributed by atoms with Gasteiger partial charge >= 0.3 is 5.97 Å². The topological polar surface area (TPSA) is 39.2 Å². The van der Waals surface area contributed by atoms with Crippen molar-refractivity contribution in [3.63, 3.8) is 0 Å². The van der Waals surface area contributed by atoms with E-state index < -0.39 is 35.2 Å². The van der Waals surface area contributed by atoms with Crippen molar-refractivity contribution in [1.82, 2.24) is 4.98 Å². The fourth-order valence-electron chi connectivity index (χ4n) is 2.99. The number of aromatic nitrogens is 1. The number of carbonyl (C=O) groups excluding carboxylic acids is 1. The summed E-state index contributed by atoms with van der Waals surface area (Å²) in [6.07, 6.45) is 1.35. The summed E-state index contributed by atoms with van der Waals surface area (Å²) in [5, 5.41) is 0.0403. The fraction of sp³-hybridized carbons (Fsp3) is 0.571. The monoisotopic (exact) mass is 301 g/mol. The van der Waals surface area contributed by atoms with E-state index in [1.54, 1.807) is 20.8 Å². The molecule has 1 fully saturated rings. The van der Waals surface area contributed by atoms with Gasteiger partial charge in [0.2, 0.25) is 0 Å². The molecule has 0 bridgehead atoms. The van der Waals surface area contributed by atoms with Crippen molar-refractivity contribution >= 4 is 17.6 Å². The molecular weight excluding hydrogens is 288 g/mol. The zero-order valence-corrected chi connectivity index (χ0v) is 12.0. The maximum absolute atomic E-state index is 14.3. The molecule has 0 radical (unpaired) electrons. The average molecular weight is 302 g/mol. The lowest BCUT2D eigenvalue weighted by Crippen LogP contribution is -2.28. The van der Waals surface area contributed by atoms with Crippen LogP contribution in [-0.2, 0) is 15.5 Å². The Bertz CT molecular complexity index is 597. The Hall–Kier alpha value is -1.23. The highest BCUT2D eigenvalue weighted by molar-refractivity contribution is 6.29. The van der Waals surface area contributed by atoms with Crippen molar-refractivity contribution < 1.29 is 18.3 Å². The minimum absolute atomic E-state index is 0.0403. The summed E-state index contributed by atoms with van der Waals surface area (Å²) in [6.45, 7) is 5.16. The average Bonchev–Trinajstić information content (AvgIpc) is 2.97. The van der Waals surface area contributed by atoms with Gasteiger partial charge in [-0.3, -0.25) is 4.79 Å². The van der Waals surface area contributed by atoms with Gasteiger partial charge in [-0.05, 0) is 32.4 Å². The van der Waals surface area contributed by atoms with E-state index in [2.05, 4.69) is 4.98 Å². The molecule has 0 unspecified atom stereocenters. The lowest BCUT2D eigenvalue weighted by molar-refractivity contribution is -0.159. The van der Waals surface area contributed by atoms with Gasteiger partial charge in [0.05, 0.1) is 5.92 Å². The zero-order chi connectivity index (χ0) is 14.9. The first kappa shape index (κ1) is 13.7. The first-order valence-electron chi connectivity index (χ1n) is 6.39. The van der Waals surface area contributed by atoms with Gasteiger partial charge in [-0.15, -0.1) is 0 Å². The smallest absolute Gasteiger partial charge is 0.310 e. The van der Waals surface area contributed by atoms with Crippen molar-refractivity contribution in [2.24, 2.45) is 11.8 Å². The van der Waals surface area contributed by atoms with Gasteiger partial charge in [0.25, 0.3) is 5.92 Å². The molecule has 3 atom stereocenters. The molecule has 3 rings (SSSR count). The quantitative estimate of drug-likeness (QED) is 0.588. The van der Waals surface area contributed by atoms with Gasteiger partial charge < -0.3 is 4.74 Å². The SMILES string of the molecule is CC(C)(C)OC(=O)[C@@H]1[C@H]2c3cnc(Cl)cc3C(F)(F)[C@@H]12. The van der Waals surface area contributed by atoms with E-state index in [4.69, 9.17) is 16.3 Å². The third-order valence-corrected chi connectivity index (χ3v) is 3.94. The molecule has 0 aliphatic heterocycles. The molecule has 0 spiro atoms. The van der Waals surface area contributed by atoms with Gasteiger partial charge in [-0.1, -0.05) is 11.6 Å². The predicted octanol–water partition coefficient (Wildman–Crippen LogP) is 3.51. The molecule has 1 aromatic heterocycles. The molecule has 1 saturated carbocycles. The Morgan fingerprint density at radius 1 is 1.45 bits per heavy atom. The summed E-state index contributed by atoms with van der Waals surface area (Å²) in [6, 6.07) is 1.19. The van der Waals surface area contributed by atoms with E-state index >= 15 is 0 Å². The Morgan fingerprint density at radius 3 is 2.70 bits per heavy atom. The Kier molecular flexibility index (Phi) is 2.68. The third-order valence-electron chi connectivity index (χ3n) is 3.74. The number of carbonyl (C=O) groups is 1. The van der Waals surface area contributed by atoms with E-state index in [1.807, 2.05) is 0 Å². The van der Waals surface area contributed by atoms with Crippen LogP contribution in [0.3, 0.4) is 0 Å². The molecule has 0 amide bonds. The van der Waals surface area contributed by atoms with Crippen LogP contribution in [0.15, 0.2) is 12.3 Å². The number of fused-ring (bicyclic) bond motifs is 3. The van der Waals surface area contributed by atoms with E-state index in [1.165, 1.54) is 12.3 Å². The zero-order valence-electron chi connectivity index (χ0n) is 11.3. The standard InChI is InChI=1S/C14H14ClF2NO2/c1-13(2,3)20-12(19)10-9-6-5-18-8(15)4-7(6)14(16,17)11(9)10/h4-5,9-11H,1-3H3/t9-,10-,11-/m1/s1. The molecule has 1 aromatic rings. The van der Waals surface area contributed by atoms with Crippen LogP contribution in [-0.4, -0.2) is 16.6 Å². The maximum Gasteiger partial charge on any atom is 0.310 e. The van der Waals surface area contributed by atoms with Crippen LogP contribution in [0.1, 0.15) is 37.8 Å². The number of esters is 1. The summed E-state index contributed by atoms with van der Waals surface area (Å²) < 4.78 is 33.8. The number of alkyl halides is 2. The fourth-order valence-corrected chi connectivity index (χ4v) is 3.14. The van der Waals surface area contributed by atoms with Crippen LogP contribution >= 0.6 is 11.6 Å². The predicted molar refractivity (Wildman–Crippen MR) is 68.7 cm³/mol. The van der Waals surface area contributed by atoms with E-state index in [9.17, 15) is 13.6 Å². The molecule has 108 valence electrons. The second-order valence-electron chi connectivity index (χ2n) is 6.33. The minimum Gasteiger partial charge on any atom is -0.460 e. The Labute approximate surface area is 120 Å². The number of ether oxygens (including phenoxy) is 1. The summed E-state index contributed by atoms with van der Waals surface area (Å²) >= 11 is 5.66. The number of hydrogen-bond acceptors (Lipinski definition) is 3. The molecule has 3 nitrogen and oxygen atoms in total. The van der Waals surface area contributed by atoms with Gasteiger partial charge in [0, 0.05) is 23.6 Å². The minimum atomic E-state index is -3.05. The van der Waals surface area contributed by atoms with Crippen molar-refractivity contribution in [2.75, 3.05) is 0 Å². The number of nitrogens with zero attached hydrogens (tertiary/aromatic N) is 1. The van der Waals surface area contributed by atoms with Crippen molar-refractivity contribution in [3.05, 3.63) is 28.5 Å².